The molecule has 0 aromatic heterocycles. The molecule has 98 valence electrons. The molecule has 0 radical (unpaired) electrons. The van der Waals surface area contributed by atoms with Gasteiger partial charge in [0.15, 0.2) is 0 Å². The van der Waals surface area contributed by atoms with Gasteiger partial charge in [0, 0.05) is 39.3 Å². The Morgan fingerprint density at radius 1 is 1.06 bits per heavy atom. The van der Waals surface area contributed by atoms with Crippen molar-refractivity contribution < 1.29 is 9.59 Å². The Labute approximate surface area is 103 Å². The largest absolute Gasteiger partial charge is 0.343 e. The third-order valence-corrected chi connectivity index (χ3v) is 3.27. The van der Waals surface area contributed by atoms with E-state index in [0.717, 1.165) is 26.2 Å². The zero-order valence-electron chi connectivity index (χ0n) is 11.1. The summed E-state index contributed by atoms with van der Waals surface area (Å²) in [4.78, 5) is 29.4. The number of likely N-dealkylation sites (N-methyl/N-ethyl adjacent to an activating group) is 1. The average molecular weight is 241 g/mol. The Morgan fingerprint density at radius 3 is 2.06 bits per heavy atom. The highest BCUT2D eigenvalue weighted by molar-refractivity contribution is 5.96. The number of rotatable bonds is 4. The molecule has 5 nitrogen and oxygen atoms in total. The van der Waals surface area contributed by atoms with Crippen molar-refractivity contribution in [3.8, 4) is 0 Å². The minimum Gasteiger partial charge on any atom is -0.343 e. The van der Waals surface area contributed by atoms with Crippen LogP contribution in [0.25, 0.3) is 0 Å². The van der Waals surface area contributed by atoms with Crippen LogP contribution in [0.1, 0.15) is 20.3 Å². The van der Waals surface area contributed by atoms with Crippen molar-refractivity contribution in [2.24, 2.45) is 0 Å². The predicted molar refractivity (Wildman–Crippen MR) is 66.6 cm³/mol. The van der Waals surface area contributed by atoms with Gasteiger partial charge >= 0.3 is 0 Å². The van der Waals surface area contributed by atoms with E-state index in [4.69, 9.17) is 0 Å². The van der Waals surface area contributed by atoms with E-state index in [1.54, 1.807) is 9.80 Å². The Hall–Kier alpha value is -1.10. The van der Waals surface area contributed by atoms with Gasteiger partial charge in [-0.15, -0.1) is 0 Å². The van der Waals surface area contributed by atoms with E-state index < -0.39 is 0 Å². The maximum atomic E-state index is 11.9. The van der Waals surface area contributed by atoms with Crippen molar-refractivity contribution >= 4 is 11.8 Å². The van der Waals surface area contributed by atoms with E-state index in [9.17, 15) is 9.59 Å². The Bertz CT molecular complexity index is 269. The number of hydrogen-bond acceptors (Lipinski definition) is 3. The molecular weight excluding hydrogens is 218 g/mol. The maximum Gasteiger partial charge on any atom is 0.232 e. The Morgan fingerprint density at radius 2 is 1.59 bits per heavy atom. The molecule has 17 heavy (non-hydrogen) atoms. The molecule has 0 aliphatic carbocycles. The van der Waals surface area contributed by atoms with Crippen LogP contribution in [0.15, 0.2) is 0 Å². The smallest absolute Gasteiger partial charge is 0.232 e. The number of amides is 2. The lowest BCUT2D eigenvalue weighted by atomic mass is 10.2. The van der Waals surface area contributed by atoms with Crippen molar-refractivity contribution in [2.45, 2.75) is 20.3 Å². The van der Waals surface area contributed by atoms with Gasteiger partial charge in [0.1, 0.15) is 6.42 Å². The third-order valence-electron chi connectivity index (χ3n) is 3.27. The molecule has 0 bridgehead atoms. The van der Waals surface area contributed by atoms with E-state index >= 15 is 0 Å². The summed E-state index contributed by atoms with van der Waals surface area (Å²) in [5.41, 5.74) is 0. The van der Waals surface area contributed by atoms with Crippen LogP contribution in [0.3, 0.4) is 0 Å². The van der Waals surface area contributed by atoms with Crippen molar-refractivity contribution in [3.05, 3.63) is 0 Å². The van der Waals surface area contributed by atoms with Gasteiger partial charge in [-0.3, -0.25) is 9.59 Å². The normalized spacial score (nSPS) is 17.0. The number of piperazine rings is 1. The highest BCUT2D eigenvalue weighted by Gasteiger charge is 2.22. The lowest BCUT2D eigenvalue weighted by Gasteiger charge is -2.32. The number of carbonyl (C=O) groups is 2. The summed E-state index contributed by atoms with van der Waals surface area (Å²) in [6, 6.07) is 0. The first-order valence-electron chi connectivity index (χ1n) is 6.32. The second kappa shape index (κ2) is 6.59. The summed E-state index contributed by atoms with van der Waals surface area (Å²) in [6.45, 7) is 8.47. The highest BCUT2D eigenvalue weighted by Crippen LogP contribution is 2.04. The van der Waals surface area contributed by atoms with E-state index in [0.29, 0.717) is 13.1 Å². The van der Waals surface area contributed by atoms with Crippen molar-refractivity contribution in [1.82, 2.24) is 14.7 Å². The third kappa shape index (κ3) is 4.00. The van der Waals surface area contributed by atoms with Crippen molar-refractivity contribution in [1.29, 1.82) is 0 Å². The summed E-state index contributed by atoms with van der Waals surface area (Å²) in [7, 11) is 2.04. The second-order valence-electron chi connectivity index (χ2n) is 4.43. The van der Waals surface area contributed by atoms with Gasteiger partial charge in [0.05, 0.1) is 0 Å². The van der Waals surface area contributed by atoms with Crippen molar-refractivity contribution in [2.75, 3.05) is 46.3 Å². The molecule has 1 rings (SSSR count). The molecule has 0 aromatic rings. The van der Waals surface area contributed by atoms with Gasteiger partial charge in [0.2, 0.25) is 11.8 Å². The van der Waals surface area contributed by atoms with E-state index in [-0.39, 0.29) is 18.2 Å². The second-order valence-corrected chi connectivity index (χ2v) is 4.43. The predicted octanol–water partition coefficient (Wildman–Crippen LogP) is 0.0189. The summed E-state index contributed by atoms with van der Waals surface area (Å²) in [5.74, 6) is -0.0890. The first kappa shape index (κ1) is 14.0. The molecule has 0 N–H and O–H groups in total. The molecule has 1 aliphatic heterocycles. The van der Waals surface area contributed by atoms with Crippen LogP contribution in [-0.4, -0.2) is 72.8 Å². The Balaban J connectivity index is 2.41. The van der Waals surface area contributed by atoms with Crippen LogP contribution >= 0.6 is 0 Å². The Kier molecular flexibility index (Phi) is 5.41. The summed E-state index contributed by atoms with van der Waals surface area (Å²) in [6.07, 6.45) is 0.0192. The zero-order valence-corrected chi connectivity index (χ0v) is 11.1. The minimum absolute atomic E-state index is 0.0192. The first-order valence-corrected chi connectivity index (χ1v) is 6.32. The fraction of sp³-hybridized carbons (Fsp3) is 0.833. The van der Waals surface area contributed by atoms with Crippen molar-refractivity contribution in [3.63, 3.8) is 0 Å². The number of hydrogen-bond donors (Lipinski definition) is 0. The van der Waals surface area contributed by atoms with E-state index in [1.807, 2.05) is 20.9 Å². The molecular formula is C12H23N3O2. The van der Waals surface area contributed by atoms with Crippen LogP contribution in [0, 0.1) is 0 Å². The van der Waals surface area contributed by atoms with Gasteiger partial charge in [-0.05, 0) is 20.9 Å². The maximum absolute atomic E-state index is 11.9. The lowest BCUT2D eigenvalue weighted by Crippen LogP contribution is -2.48. The van der Waals surface area contributed by atoms with Gasteiger partial charge in [-0.25, -0.2) is 0 Å². The molecule has 1 heterocycles. The molecule has 0 atom stereocenters. The zero-order chi connectivity index (χ0) is 12.8. The average Bonchev–Trinajstić information content (AvgIpc) is 2.31. The molecule has 2 amide bonds. The lowest BCUT2D eigenvalue weighted by molar-refractivity contribution is -0.141. The number of carbonyl (C=O) groups excluding carboxylic acids is 2. The quantitative estimate of drug-likeness (QED) is 0.652. The summed E-state index contributed by atoms with van der Waals surface area (Å²) < 4.78 is 0. The molecule has 0 saturated carbocycles. The van der Waals surface area contributed by atoms with Gasteiger partial charge < -0.3 is 14.7 Å². The molecule has 0 aromatic carbocycles. The monoisotopic (exact) mass is 241 g/mol. The van der Waals surface area contributed by atoms with E-state index in [1.165, 1.54) is 0 Å². The summed E-state index contributed by atoms with van der Waals surface area (Å²) >= 11 is 0. The fourth-order valence-electron chi connectivity index (χ4n) is 1.99. The van der Waals surface area contributed by atoms with Gasteiger partial charge in [-0.2, -0.15) is 0 Å². The molecule has 0 unspecified atom stereocenters. The fourth-order valence-corrected chi connectivity index (χ4v) is 1.99. The van der Waals surface area contributed by atoms with Crippen LogP contribution < -0.4 is 0 Å². The van der Waals surface area contributed by atoms with Crippen LogP contribution in [-0.2, 0) is 9.59 Å². The van der Waals surface area contributed by atoms with Crippen LogP contribution in [0.4, 0.5) is 0 Å². The van der Waals surface area contributed by atoms with Crippen LogP contribution in [0.5, 0.6) is 0 Å². The molecule has 1 aliphatic rings. The molecule has 0 spiro atoms. The minimum atomic E-state index is -0.0565. The van der Waals surface area contributed by atoms with Gasteiger partial charge in [-0.1, -0.05) is 0 Å². The van der Waals surface area contributed by atoms with Gasteiger partial charge in [0.25, 0.3) is 0 Å². The standard InChI is InChI=1S/C12H23N3O2/c1-4-14(5-2)11(16)10-12(17)15-8-6-13(3)7-9-15/h4-10H2,1-3H3. The first-order chi connectivity index (χ1) is 8.08. The molecule has 1 saturated heterocycles. The SMILES string of the molecule is CCN(CC)C(=O)CC(=O)N1CCN(C)CC1. The highest BCUT2D eigenvalue weighted by atomic mass is 16.2. The topological polar surface area (TPSA) is 43.9 Å². The number of nitrogens with zero attached hydrogens (tertiary/aromatic N) is 3. The molecule has 1 fully saturated rings. The van der Waals surface area contributed by atoms with Crippen LogP contribution in [0.2, 0.25) is 0 Å². The summed E-state index contributed by atoms with van der Waals surface area (Å²) in [5, 5.41) is 0. The van der Waals surface area contributed by atoms with E-state index in [2.05, 4.69) is 4.90 Å². The molecule has 5 heteroatoms.